The molecule has 3 heterocycles. The van der Waals surface area contributed by atoms with Gasteiger partial charge in [-0.05, 0) is 44.2 Å². The number of pyridine rings is 1. The number of carbonyl (C=O) groups excluding carboxylic acids is 1. The maximum atomic E-state index is 12.4. The Bertz CT molecular complexity index is 700. The van der Waals surface area contributed by atoms with E-state index in [1.165, 1.54) is 0 Å². The Balaban J connectivity index is 1.52. The third-order valence-electron chi connectivity index (χ3n) is 4.36. The van der Waals surface area contributed by atoms with Crippen LogP contribution in [-0.2, 0) is 13.0 Å². The fraction of sp³-hybridized carbons (Fsp3) is 0.529. The highest BCUT2D eigenvalue weighted by Crippen LogP contribution is 2.20. The summed E-state index contributed by atoms with van der Waals surface area (Å²) in [6.07, 6.45) is 4.54. The van der Waals surface area contributed by atoms with E-state index in [1.54, 1.807) is 6.20 Å². The molecule has 7 nitrogen and oxygen atoms in total. The number of urea groups is 1. The molecule has 0 spiro atoms. The van der Waals surface area contributed by atoms with Crippen LogP contribution in [0, 0.1) is 19.8 Å². The van der Waals surface area contributed by atoms with E-state index in [-0.39, 0.29) is 6.03 Å². The fourth-order valence-corrected chi connectivity index (χ4v) is 3.06. The van der Waals surface area contributed by atoms with Crippen LogP contribution in [0.5, 0.6) is 0 Å². The van der Waals surface area contributed by atoms with Gasteiger partial charge in [-0.1, -0.05) is 11.2 Å². The molecule has 24 heavy (non-hydrogen) atoms. The van der Waals surface area contributed by atoms with Crippen molar-refractivity contribution >= 4 is 6.03 Å². The molecule has 2 aromatic heterocycles. The minimum absolute atomic E-state index is 0.0357. The van der Waals surface area contributed by atoms with Crippen LogP contribution in [0.2, 0.25) is 0 Å². The normalized spacial score (nSPS) is 17.8. The summed E-state index contributed by atoms with van der Waals surface area (Å²) in [4.78, 5) is 22.9. The monoisotopic (exact) mass is 329 g/mol. The second kappa shape index (κ2) is 7.42. The highest BCUT2D eigenvalue weighted by Gasteiger charge is 2.25. The van der Waals surface area contributed by atoms with Gasteiger partial charge < -0.3 is 14.7 Å². The zero-order valence-corrected chi connectivity index (χ0v) is 14.2. The molecule has 1 aliphatic heterocycles. The van der Waals surface area contributed by atoms with Gasteiger partial charge in [0.05, 0.1) is 12.2 Å². The second-order valence-electron chi connectivity index (χ2n) is 6.32. The summed E-state index contributed by atoms with van der Waals surface area (Å²) in [5.41, 5.74) is 1.99. The van der Waals surface area contributed by atoms with Gasteiger partial charge >= 0.3 is 6.03 Å². The van der Waals surface area contributed by atoms with Gasteiger partial charge in [0.15, 0.2) is 5.82 Å². The Morgan fingerprint density at radius 1 is 1.46 bits per heavy atom. The number of nitrogens with zero attached hydrogens (tertiary/aromatic N) is 4. The predicted molar refractivity (Wildman–Crippen MR) is 88.2 cm³/mol. The molecule has 3 rings (SSSR count). The van der Waals surface area contributed by atoms with E-state index in [9.17, 15) is 4.79 Å². The first-order valence-electron chi connectivity index (χ1n) is 8.34. The Morgan fingerprint density at radius 3 is 3.08 bits per heavy atom. The van der Waals surface area contributed by atoms with E-state index in [0.29, 0.717) is 30.7 Å². The molecule has 0 radical (unpaired) electrons. The van der Waals surface area contributed by atoms with E-state index in [4.69, 9.17) is 4.52 Å². The molecular weight excluding hydrogens is 306 g/mol. The van der Waals surface area contributed by atoms with Crippen LogP contribution in [-0.4, -0.2) is 39.1 Å². The van der Waals surface area contributed by atoms with Crippen LogP contribution in [0.15, 0.2) is 22.9 Å². The van der Waals surface area contributed by atoms with Crippen molar-refractivity contribution in [2.45, 2.75) is 39.7 Å². The number of aryl methyl sites for hydroxylation is 2. The second-order valence-corrected chi connectivity index (χ2v) is 6.32. The number of hydrogen-bond acceptors (Lipinski definition) is 5. The van der Waals surface area contributed by atoms with Gasteiger partial charge in [-0.15, -0.1) is 0 Å². The minimum atomic E-state index is -0.0357. The quantitative estimate of drug-likeness (QED) is 0.930. The average Bonchev–Trinajstić information content (AvgIpc) is 2.99. The molecule has 1 atom stereocenters. The van der Waals surface area contributed by atoms with Crippen LogP contribution in [0.1, 0.15) is 35.8 Å². The van der Waals surface area contributed by atoms with Crippen LogP contribution in [0.25, 0.3) is 0 Å². The van der Waals surface area contributed by atoms with E-state index in [2.05, 4.69) is 20.4 Å². The summed E-state index contributed by atoms with van der Waals surface area (Å²) in [5, 5.41) is 6.79. The lowest BCUT2D eigenvalue weighted by Crippen LogP contribution is -2.45. The molecule has 1 unspecified atom stereocenters. The fourth-order valence-electron chi connectivity index (χ4n) is 3.06. The summed E-state index contributed by atoms with van der Waals surface area (Å²) < 4.78 is 5.19. The summed E-state index contributed by atoms with van der Waals surface area (Å²) in [7, 11) is 0. The highest BCUT2D eigenvalue weighted by molar-refractivity contribution is 5.74. The maximum absolute atomic E-state index is 12.4. The van der Waals surface area contributed by atoms with Gasteiger partial charge in [-0.25, -0.2) is 4.79 Å². The molecule has 0 bridgehead atoms. The van der Waals surface area contributed by atoms with Crippen molar-refractivity contribution in [2.24, 2.45) is 5.92 Å². The van der Waals surface area contributed by atoms with Crippen LogP contribution in [0.3, 0.4) is 0 Å². The van der Waals surface area contributed by atoms with Crippen molar-refractivity contribution < 1.29 is 9.32 Å². The number of aromatic nitrogens is 3. The van der Waals surface area contributed by atoms with Gasteiger partial charge in [0.25, 0.3) is 0 Å². The first-order valence-corrected chi connectivity index (χ1v) is 8.34. The number of amides is 2. The predicted octanol–water partition coefficient (Wildman–Crippen LogP) is 2.25. The number of carbonyl (C=O) groups is 1. The zero-order chi connectivity index (χ0) is 16.9. The smallest absolute Gasteiger partial charge is 0.317 e. The molecule has 128 valence electrons. The lowest BCUT2D eigenvalue weighted by Gasteiger charge is -2.32. The SMILES string of the molecule is Cc1noc(CC2CCCN(C(=O)NCc3ncccc3C)C2)n1. The number of likely N-dealkylation sites (tertiary alicyclic amines) is 1. The molecule has 1 N–H and O–H groups in total. The third kappa shape index (κ3) is 4.10. The van der Waals surface area contributed by atoms with Gasteiger partial charge in [0.2, 0.25) is 5.89 Å². The molecule has 2 aromatic rings. The number of rotatable bonds is 4. The Hall–Kier alpha value is -2.44. The van der Waals surface area contributed by atoms with Crippen molar-refractivity contribution in [3.63, 3.8) is 0 Å². The Labute approximate surface area is 141 Å². The van der Waals surface area contributed by atoms with Crippen molar-refractivity contribution in [3.8, 4) is 0 Å². The molecule has 1 aliphatic rings. The molecule has 2 amide bonds. The van der Waals surface area contributed by atoms with Crippen molar-refractivity contribution in [1.82, 2.24) is 25.3 Å². The zero-order valence-electron chi connectivity index (χ0n) is 14.2. The van der Waals surface area contributed by atoms with Crippen LogP contribution < -0.4 is 5.32 Å². The first-order chi connectivity index (χ1) is 11.6. The van der Waals surface area contributed by atoms with Crippen molar-refractivity contribution in [3.05, 3.63) is 41.3 Å². The molecular formula is C17H23N5O2. The molecule has 1 fully saturated rings. The van der Waals surface area contributed by atoms with Crippen LogP contribution >= 0.6 is 0 Å². The van der Waals surface area contributed by atoms with Gasteiger partial charge in [-0.2, -0.15) is 4.98 Å². The van der Waals surface area contributed by atoms with E-state index < -0.39 is 0 Å². The molecule has 0 aliphatic carbocycles. The lowest BCUT2D eigenvalue weighted by atomic mass is 9.95. The lowest BCUT2D eigenvalue weighted by molar-refractivity contribution is 0.161. The standard InChI is InChI=1S/C17H23N5O2/c1-12-5-3-7-18-15(12)10-19-17(23)22-8-4-6-14(11-22)9-16-20-13(2)21-24-16/h3,5,7,14H,4,6,8-11H2,1-2H3,(H,19,23). The summed E-state index contributed by atoms with van der Waals surface area (Å²) in [6.45, 7) is 5.77. The summed E-state index contributed by atoms with van der Waals surface area (Å²) in [6, 6.07) is 3.86. The average molecular weight is 329 g/mol. The van der Waals surface area contributed by atoms with Gasteiger partial charge in [-0.3, -0.25) is 4.98 Å². The minimum Gasteiger partial charge on any atom is -0.339 e. The molecule has 0 aromatic carbocycles. The Kier molecular flexibility index (Phi) is 5.08. The molecule has 7 heteroatoms. The number of nitrogens with one attached hydrogen (secondary N) is 1. The van der Waals surface area contributed by atoms with Crippen molar-refractivity contribution in [1.29, 1.82) is 0 Å². The largest absolute Gasteiger partial charge is 0.339 e. The number of piperidine rings is 1. The Morgan fingerprint density at radius 2 is 2.33 bits per heavy atom. The van der Waals surface area contributed by atoms with E-state index in [1.807, 2.05) is 30.9 Å². The third-order valence-corrected chi connectivity index (χ3v) is 4.36. The summed E-state index contributed by atoms with van der Waals surface area (Å²) >= 11 is 0. The van der Waals surface area contributed by atoms with E-state index >= 15 is 0 Å². The van der Waals surface area contributed by atoms with Gasteiger partial charge in [0, 0.05) is 25.7 Å². The van der Waals surface area contributed by atoms with Gasteiger partial charge in [0.1, 0.15) is 0 Å². The van der Waals surface area contributed by atoms with E-state index in [0.717, 1.165) is 37.1 Å². The topological polar surface area (TPSA) is 84.2 Å². The first kappa shape index (κ1) is 16.4. The van der Waals surface area contributed by atoms with Crippen LogP contribution in [0.4, 0.5) is 4.79 Å². The molecule has 0 saturated carbocycles. The number of hydrogen-bond donors (Lipinski definition) is 1. The van der Waals surface area contributed by atoms with Crippen molar-refractivity contribution in [2.75, 3.05) is 13.1 Å². The highest BCUT2D eigenvalue weighted by atomic mass is 16.5. The molecule has 1 saturated heterocycles. The maximum Gasteiger partial charge on any atom is 0.317 e. The summed E-state index contributed by atoms with van der Waals surface area (Å²) in [5.74, 6) is 1.67.